The molecule has 1 fully saturated rings. The molecule has 0 bridgehead atoms. The van der Waals surface area contributed by atoms with Gasteiger partial charge in [0.2, 0.25) is 5.91 Å². The summed E-state index contributed by atoms with van der Waals surface area (Å²) in [6, 6.07) is 9.11. The normalized spacial score (nSPS) is 23.5. The maximum Gasteiger partial charge on any atom is 0.414 e. The molecule has 1 amide bonds. The van der Waals surface area contributed by atoms with Crippen molar-refractivity contribution in [1.29, 1.82) is 0 Å². The molecule has 3 N–H and O–H groups in total. The highest BCUT2D eigenvalue weighted by Crippen LogP contribution is 2.41. The van der Waals surface area contributed by atoms with Crippen molar-refractivity contribution in [2.45, 2.75) is 69.2 Å². The van der Waals surface area contributed by atoms with Gasteiger partial charge in [-0.2, -0.15) is 13.2 Å². The van der Waals surface area contributed by atoms with Crippen LogP contribution in [0, 0.1) is 5.92 Å². The third kappa shape index (κ3) is 5.87. The second-order valence-corrected chi connectivity index (χ2v) is 9.91. The minimum atomic E-state index is -4.64. The molecule has 4 rings (SSSR count). The highest BCUT2D eigenvalue weighted by molar-refractivity contribution is 5.85. The molecule has 10 heteroatoms. The molecule has 1 aromatic carbocycles. The number of nitrogens with one attached hydrogen (secondary N) is 1. The number of nitrogens with zero attached hydrogens (tertiary/aromatic N) is 2. The van der Waals surface area contributed by atoms with Gasteiger partial charge in [0, 0.05) is 30.5 Å². The quantitative estimate of drug-likeness (QED) is 0.538. The van der Waals surface area contributed by atoms with Crippen molar-refractivity contribution in [1.82, 2.24) is 9.88 Å². The summed E-state index contributed by atoms with van der Waals surface area (Å²) in [4.78, 5) is 17.7. The van der Waals surface area contributed by atoms with E-state index in [0.717, 1.165) is 11.3 Å². The Morgan fingerprint density at radius 2 is 1.86 bits per heavy atom. The highest BCUT2D eigenvalue weighted by Gasteiger charge is 2.47. The summed E-state index contributed by atoms with van der Waals surface area (Å²) < 4.78 is 42.0. The van der Waals surface area contributed by atoms with Crippen LogP contribution in [0.4, 0.5) is 18.9 Å². The van der Waals surface area contributed by atoms with E-state index in [-0.39, 0.29) is 48.0 Å². The SMILES string of the molecule is CN(C(=O)[C@@H]1CC[C@H](N)C1)[C@@H](c1ccc(NC2Cc3ccccc3C2(C)C)cn1)C(F)(F)F.Cl.Cl. The van der Waals surface area contributed by atoms with Crippen LogP contribution in [0.2, 0.25) is 0 Å². The fourth-order valence-corrected chi connectivity index (χ4v) is 5.32. The lowest BCUT2D eigenvalue weighted by Gasteiger charge is -2.32. The topological polar surface area (TPSA) is 71.2 Å². The van der Waals surface area contributed by atoms with Gasteiger partial charge in [-0.25, -0.2) is 0 Å². The zero-order valence-electron chi connectivity index (χ0n) is 20.0. The van der Waals surface area contributed by atoms with Gasteiger partial charge in [-0.3, -0.25) is 9.78 Å². The number of amides is 1. The Bertz CT molecular complexity index is 1020. The summed E-state index contributed by atoms with van der Waals surface area (Å²) in [6.45, 7) is 4.32. The summed E-state index contributed by atoms with van der Waals surface area (Å²) in [5, 5.41) is 3.45. The molecule has 35 heavy (non-hydrogen) atoms. The van der Waals surface area contributed by atoms with E-state index in [4.69, 9.17) is 5.73 Å². The average molecular weight is 533 g/mol. The number of benzene rings is 1. The van der Waals surface area contributed by atoms with Crippen molar-refractivity contribution in [3.63, 3.8) is 0 Å². The predicted octanol–water partition coefficient (Wildman–Crippen LogP) is 5.43. The maximum absolute atomic E-state index is 14.0. The molecule has 0 aliphatic heterocycles. The third-order valence-electron chi connectivity index (χ3n) is 7.28. The zero-order valence-corrected chi connectivity index (χ0v) is 21.6. The Hall–Kier alpha value is -2.03. The minimum absolute atomic E-state index is 0. The van der Waals surface area contributed by atoms with E-state index in [9.17, 15) is 18.0 Å². The summed E-state index contributed by atoms with van der Waals surface area (Å²) in [5.41, 5.74) is 8.73. The number of halogens is 5. The molecule has 2 aromatic rings. The lowest BCUT2D eigenvalue weighted by molar-refractivity contribution is -0.191. The van der Waals surface area contributed by atoms with Crippen LogP contribution in [-0.4, -0.2) is 41.1 Å². The van der Waals surface area contributed by atoms with Crippen LogP contribution in [0.25, 0.3) is 0 Å². The Labute approximate surface area is 216 Å². The van der Waals surface area contributed by atoms with Gasteiger partial charge in [-0.15, -0.1) is 24.8 Å². The van der Waals surface area contributed by atoms with E-state index in [1.807, 2.05) is 12.1 Å². The second-order valence-electron chi connectivity index (χ2n) is 9.91. The number of alkyl halides is 3. The Morgan fingerprint density at radius 3 is 2.40 bits per heavy atom. The van der Waals surface area contributed by atoms with Crippen molar-refractivity contribution >= 4 is 36.4 Å². The number of anilines is 1. The fraction of sp³-hybridized carbons (Fsp3) is 0.520. The largest absolute Gasteiger partial charge is 0.414 e. The second kappa shape index (κ2) is 10.9. The summed E-state index contributed by atoms with van der Waals surface area (Å²) >= 11 is 0. The molecule has 5 nitrogen and oxygen atoms in total. The smallest absolute Gasteiger partial charge is 0.380 e. The number of carbonyl (C=O) groups is 1. The number of hydrogen-bond donors (Lipinski definition) is 2. The number of hydrogen-bond acceptors (Lipinski definition) is 4. The molecule has 4 atom stereocenters. The van der Waals surface area contributed by atoms with Gasteiger partial charge in [0.1, 0.15) is 0 Å². The van der Waals surface area contributed by atoms with Crippen LogP contribution in [0.5, 0.6) is 0 Å². The number of aromatic nitrogens is 1. The Kier molecular flexibility index (Phi) is 9.12. The maximum atomic E-state index is 14.0. The first kappa shape index (κ1) is 29.2. The molecule has 194 valence electrons. The van der Waals surface area contributed by atoms with Crippen molar-refractivity contribution < 1.29 is 18.0 Å². The highest BCUT2D eigenvalue weighted by atomic mass is 35.5. The van der Waals surface area contributed by atoms with Crippen LogP contribution in [-0.2, 0) is 16.6 Å². The Morgan fingerprint density at radius 1 is 1.17 bits per heavy atom. The zero-order chi connectivity index (χ0) is 24.0. The first-order valence-electron chi connectivity index (χ1n) is 11.4. The minimum Gasteiger partial charge on any atom is -0.380 e. The molecule has 0 spiro atoms. The van der Waals surface area contributed by atoms with E-state index in [2.05, 4.69) is 36.3 Å². The standard InChI is InChI=1S/C25H31F3N4O.2ClH/c1-24(2)19-7-5-4-6-15(19)13-21(24)31-18-10-11-20(30-14-18)22(25(26,27)28)32(3)23(33)16-8-9-17(29)12-16;;/h4-7,10-11,14,16-17,21-22,31H,8-9,12-13,29H2,1-3H3;2*1H/t16-,17+,21?,22+;;/m1../s1. The molecule has 1 aromatic heterocycles. The van der Waals surface area contributed by atoms with Gasteiger partial charge in [0.15, 0.2) is 6.04 Å². The number of carbonyl (C=O) groups excluding carboxylic acids is 1. The van der Waals surface area contributed by atoms with Crippen LogP contribution < -0.4 is 11.1 Å². The average Bonchev–Trinajstić information content (AvgIpc) is 3.29. The molecule has 1 heterocycles. The summed E-state index contributed by atoms with van der Waals surface area (Å²) in [6.07, 6.45) is -0.786. The molecule has 2 aliphatic carbocycles. The number of nitrogens with two attached hydrogens (primary N) is 1. The van der Waals surface area contributed by atoms with Crippen molar-refractivity contribution in [3.8, 4) is 0 Å². The molecular weight excluding hydrogens is 500 g/mol. The van der Waals surface area contributed by atoms with Gasteiger partial charge in [-0.1, -0.05) is 38.1 Å². The van der Waals surface area contributed by atoms with Gasteiger partial charge in [-0.05, 0) is 48.9 Å². The van der Waals surface area contributed by atoms with Gasteiger partial charge >= 0.3 is 6.18 Å². The van der Waals surface area contributed by atoms with Crippen LogP contribution in [0.15, 0.2) is 42.6 Å². The van der Waals surface area contributed by atoms with E-state index >= 15 is 0 Å². The van der Waals surface area contributed by atoms with E-state index < -0.39 is 24.0 Å². The molecule has 0 saturated heterocycles. The first-order valence-corrected chi connectivity index (χ1v) is 11.4. The monoisotopic (exact) mass is 532 g/mol. The third-order valence-corrected chi connectivity index (χ3v) is 7.28. The fourth-order valence-electron chi connectivity index (χ4n) is 5.32. The van der Waals surface area contributed by atoms with Crippen molar-refractivity contribution in [2.24, 2.45) is 11.7 Å². The van der Waals surface area contributed by atoms with Gasteiger partial charge in [0.25, 0.3) is 0 Å². The summed E-state index contributed by atoms with van der Waals surface area (Å²) in [5.74, 6) is -0.998. The van der Waals surface area contributed by atoms with E-state index in [1.54, 1.807) is 6.07 Å². The molecule has 2 aliphatic rings. The lowest BCUT2D eigenvalue weighted by Crippen LogP contribution is -2.42. The van der Waals surface area contributed by atoms with Gasteiger partial charge in [0.05, 0.1) is 17.6 Å². The number of rotatable bonds is 5. The van der Waals surface area contributed by atoms with Crippen molar-refractivity contribution in [2.75, 3.05) is 12.4 Å². The first-order chi connectivity index (χ1) is 15.5. The summed E-state index contributed by atoms with van der Waals surface area (Å²) in [7, 11) is 1.20. The van der Waals surface area contributed by atoms with E-state index in [1.165, 1.54) is 30.4 Å². The van der Waals surface area contributed by atoms with Crippen LogP contribution in [0.1, 0.15) is 56.0 Å². The molecule has 1 saturated carbocycles. The molecular formula is C25H33Cl2F3N4O. The lowest BCUT2D eigenvalue weighted by atomic mass is 9.83. The van der Waals surface area contributed by atoms with Crippen molar-refractivity contribution in [3.05, 3.63) is 59.4 Å². The van der Waals surface area contributed by atoms with Crippen LogP contribution in [0.3, 0.4) is 0 Å². The number of fused-ring (bicyclic) bond motifs is 1. The number of pyridine rings is 1. The molecule has 1 unspecified atom stereocenters. The van der Waals surface area contributed by atoms with E-state index in [0.29, 0.717) is 24.9 Å². The molecule has 0 radical (unpaired) electrons. The predicted molar refractivity (Wildman–Crippen MR) is 136 cm³/mol. The van der Waals surface area contributed by atoms with Gasteiger partial charge < -0.3 is 16.0 Å². The Balaban J connectivity index is 0.00000216. The van der Waals surface area contributed by atoms with Crippen LogP contribution >= 0.6 is 24.8 Å².